The van der Waals surface area contributed by atoms with Crippen molar-refractivity contribution < 1.29 is 9.53 Å². The predicted octanol–water partition coefficient (Wildman–Crippen LogP) is 1.41. The summed E-state index contributed by atoms with van der Waals surface area (Å²) in [6.07, 6.45) is 1.64. The summed E-state index contributed by atoms with van der Waals surface area (Å²) in [6, 6.07) is 12.2. The van der Waals surface area contributed by atoms with Crippen LogP contribution in [0.3, 0.4) is 0 Å². The molecule has 0 fully saturated rings. The first-order chi connectivity index (χ1) is 9.72. The molecule has 1 aromatic heterocycles. The quantitative estimate of drug-likeness (QED) is 0.862. The summed E-state index contributed by atoms with van der Waals surface area (Å²) < 4.78 is 5.13. The smallest absolute Gasteiger partial charge is 0.241 e. The number of benzene rings is 1. The molecule has 1 heterocycles. The molecule has 0 saturated heterocycles. The average molecular weight is 271 g/mol. The lowest BCUT2D eigenvalue weighted by Crippen LogP contribution is -2.33. The third-order valence-corrected chi connectivity index (χ3v) is 2.94. The Balaban J connectivity index is 1.99. The lowest BCUT2D eigenvalue weighted by Gasteiger charge is -2.13. The van der Waals surface area contributed by atoms with E-state index in [1.54, 1.807) is 19.4 Å². The van der Waals surface area contributed by atoms with Crippen molar-refractivity contribution in [1.82, 2.24) is 10.3 Å². The van der Waals surface area contributed by atoms with Crippen LogP contribution in [0, 0.1) is 0 Å². The largest absolute Gasteiger partial charge is 0.481 e. The number of carbonyl (C=O) groups excluding carboxylic acids is 1. The Morgan fingerprint density at radius 3 is 2.75 bits per heavy atom. The van der Waals surface area contributed by atoms with Gasteiger partial charge < -0.3 is 15.8 Å². The molecule has 0 saturated carbocycles. The molecular weight excluding hydrogens is 254 g/mol. The van der Waals surface area contributed by atoms with E-state index in [0.29, 0.717) is 12.4 Å². The molecule has 0 unspecified atom stereocenters. The maximum Gasteiger partial charge on any atom is 0.241 e. The fourth-order valence-corrected chi connectivity index (χ4v) is 1.85. The zero-order chi connectivity index (χ0) is 14.4. The molecule has 0 spiro atoms. The molecule has 3 N–H and O–H groups in total. The first kappa shape index (κ1) is 14.0. The first-order valence-electron chi connectivity index (χ1n) is 6.28. The molecule has 5 heteroatoms. The minimum Gasteiger partial charge on any atom is -0.481 e. The summed E-state index contributed by atoms with van der Waals surface area (Å²) in [5, 5.41) is 2.79. The number of ether oxygens (including phenoxy) is 1. The molecule has 2 rings (SSSR count). The van der Waals surface area contributed by atoms with Gasteiger partial charge in [0, 0.05) is 18.3 Å². The summed E-state index contributed by atoms with van der Waals surface area (Å²) in [4.78, 5) is 16.1. The van der Waals surface area contributed by atoms with Gasteiger partial charge in [-0.25, -0.2) is 4.98 Å². The lowest BCUT2D eigenvalue weighted by atomic mass is 10.1. The fraction of sp³-hybridized carbons (Fsp3) is 0.200. The zero-order valence-corrected chi connectivity index (χ0v) is 11.2. The number of hydrogen-bond acceptors (Lipinski definition) is 4. The molecule has 0 radical (unpaired) electrons. The highest BCUT2D eigenvalue weighted by atomic mass is 16.5. The number of rotatable bonds is 5. The Bertz CT molecular complexity index is 572. The highest BCUT2D eigenvalue weighted by Crippen LogP contribution is 2.14. The Morgan fingerprint density at radius 1 is 1.30 bits per heavy atom. The normalized spacial score (nSPS) is 11.7. The molecule has 20 heavy (non-hydrogen) atoms. The van der Waals surface area contributed by atoms with Gasteiger partial charge in [-0.1, -0.05) is 36.4 Å². The Labute approximate surface area is 117 Å². The minimum absolute atomic E-state index is 0.234. The van der Waals surface area contributed by atoms with E-state index in [0.717, 1.165) is 11.1 Å². The number of carbonyl (C=O) groups is 1. The average Bonchev–Trinajstić information content (AvgIpc) is 2.53. The number of nitrogens with one attached hydrogen (secondary N) is 1. The van der Waals surface area contributed by atoms with Gasteiger partial charge in [-0.3, -0.25) is 4.79 Å². The maximum atomic E-state index is 12.0. The molecule has 5 nitrogen and oxygen atoms in total. The minimum atomic E-state index is -0.682. The van der Waals surface area contributed by atoms with E-state index < -0.39 is 6.04 Å². The molecule has 0 aliphatic heterocycles. The van der Waals surface area contributed by atoms with Crippen molar-refractivity contribution >= 4 is 5.91 Å². The monoisotopic (exact) mass is 271 g/mol. The van der Waals surface area contributed by atoms with Crippen LogP contribution in [-0.2, 0) is 11.3 Å². The van der Waals surface area contributed by atoms with Gasteiger partial charge in [0.1, 0.15) is 6.04 Å². The number of methoxy groups -OCH3 is 1. The van der Waals surface area contributed by atoms with E-state index in [9.17, 15) is 4.79 Å². The van der Waals surface area contributed by atoms with E-state index in [-0.39, 0.29) is 5.91 Å². The van der Waals surface area contributed by atoms with Crippen LogP contribution in [0.4, 0.5) is 0 Å². The molecule has 2 aromatic rings. The standard InChI is InChI=1S/C15H17N3O2/c1-20-15-12(8-5-9-17-15)10-18-14(19)13(16)11-6-3-2-4-7-11/h2-9,13H,10,16H2,1H3,(H,18,19)/t13-/m0/s1. The van der Waals surface area contributed by atoms with E-state index >= 15 is 0 Å². The summed E-state index contributed by atoms with van der Waals surface area (Å²) in [5.41, 5.74) is 7.50. The number of aromatic nitrogens is 1. The fourth-order valence-electron chi connectivity index (χ4n) is 1.85. The van der Waals surface area contributed by atoms with Crippen molar-refractivity contribution in [2.75, 3.05) is 7.11 Å². The predicted molar refractivity (Wildman–Crippen MR) is 76.0 cm³/mol. The number of nitrogens with zero attached hydrogens (tertiary/aromatic N) is 1. The molecule has 1 atom stereocenters. The van der Waals surface area contributed by atoms with Crippen LogP contribution in [0.1, 0.15) is 17.2 Å². The summed E-state index contributed by atoms with van der Waals surface area (Å²) >= 11 is 0. The number of amides is 1. The maximum absolute atomic E-state index is 12.0. The topological polar surface area (TPSA) is 77.2 Å². The lowest BCUT2D eigenvalue weighted by molar-refractivity contribution is -0.122. The molecule has 0 bridgehead atoms. The van der Waals surface area contributed by atoms with Crippen LogP contribution < -0.4 is 15.8 Å². The Morgan fingerprint density at radius 2 is 2.05 bits per heavy atom. The zero-order valence-electron chi connectivity index (χ0n) is 11.2. The summed E-state index contributed by atoms with van der Waals surface area (Å²) in [5.74, 6) is 0.267. The molecule has 0 aliphatic rings. The SMILES string of the molecule is COc1ncccc1CNC(=O)[C@@H](N)c1ccccc1. The third kappa shape index (κ3) is 3.33. The van der Waals surface area contributed by atoms with Crippen molar-refractivity contribution in [2.24, 2.45) is 5.73 Å². The van der Waals surface area contributed by atoms with E-state index in [2.05, 4.69) is 10.3 Å². The number of pyridine rings is 1. The second-order valence-electron chi connectivity index (χ2n) is 4.28. The second-order valence-corrected chi connectivity index (χ2v) is 4.28. The van der Waals surface area contributed by atoms with Gasteiger partial charge in [-0.15, -0.1) is 0 Å². The summed E-state index contributed by atoms with van der Waals surface area (Å²) in [6.45, 7) is 0.330. The van der Waals surface area contributed by atoms with Crippen LogP contribution in [0.15, 0.2) is 48.7 Å². The van der Waals surface area contributed by atoms with Gasteiger partial charge >= 0.3 is 0 Å². The Hall–Kier alpha value is -2.40. The number of nitrogens with two attached hydrogens (primary N) is 1. The van der Waals surface area contributed by atoms with Crippen LogP contribution in [0.5, 0.6) is 5.88 Å². The highest BCUT2D eigenvalue weighted by Gasteiger charge is 2.15. The van der Waals surface area contributed by atoms with Crippen molar-refractivity contribution in [2.45, 2.75) is 12.6 Å². The van der Waals surface area contributed by atoms with Gasteiger partial charge in [0.25, 0.3) is 0 Å². The van der Waals surface area contributed by atoms with E-state index in [4.69, 9.17) is 10.5 Å². The van der Waals surface area contributed by atoms with Crippen LogP contribution in [-0.4, -0.2) is 18.0 Å². The van der Waals surface area contributed by atoms with Gasteiger partial charge in [-0.05, 0) is 11.6 Å². The summed E-state index contributed by atoms with van der Waals surface area (Å²) in [7, 11) is 1.54. The second kappa shape index (κ2) is 6.68. The van der Waals surface area contributed by atoms with E-state index in [1.165, 1.54) is 0 Å². The van der Waals surface area contributed by atoms with Crippen molar-refractivity contribution in [3.05, 3.63) is 59.8 Å². The van der Waals surface area contributed by atoms with Crippen LogP contribution >= 0.6 is 0 Å². The van der Waals surface area contributed by atoms with Gasteiger partial charge in [0.05, 0.1) is 7.11 Å². The molecular formula is C15H17N3O2. The molecule has 1 amide bonds. The highest BCUT2D eigenvalue weighted by molar-refractivity contribution is 5.82. The van der Waals surface area contributed by atoms with Crippen LogP contribution in [0.2, 0.25) is 0 Å². The molecule has 0 aliphatic carbocycles. The Kier molecular flexibility index (Phi) is 4.68. The third-order valence-electron chi connectivity index (χ3n) is 2.94. The van der Waals surface area contributed by atoms with Gasteiger partial charge in [0.2, 0.25) is 11.8 Å². The van der Waals surface area contributed by atoms with E-state index in [1.807, 2.05) is 36.4 Å². The van der Waals surface area contributed by atoms with Gasteiger partial charge in [0.15, 0.2) is 0 Å². The van der Waals surface area contributed by atoms with Crippen LogP contribution in [0.25, 0.3) is 0 Å². The van der Waals surface area contributed by atoms with Crippen molar-refractivity contribution in [3.8, 4) is 5.88 Å². The first-order valence-corrected chi connectivity index (χ1v) is 6.28. The molecule has 1 aromatic carbocycles. The van der Waals surface area contributed by atoms with Gasteiger partial charge in [-0.2, -0.15) is 0 Å². The van der Waals surface area contributed by atoms with Crippen molar-refractivity contribution in [3.63, 3.8) is 0 Å². The van der Waals surface area contributed by atoms with Crippen molar-refractivity contribution in [1.29, 1.82) is 0 Å². The number of hydrogen-bond donors (Lipinski definition) is 2. The molecule has 104 valence electrons.